The van der Waals surface area contributed by atoms with Crippen molar-refractivity contribution in [3.05, 3.63) is 47.6 Å². The van der Waals surface area contributed by atoms with E-state index in [0.717, 1.165) is 5.92 Å². The quantitative estimate of drug-likeness (QED) is 0.489. The van der Waals surface area contributed by atoms with Crippen molar-refractivity contribution in [1.82, 2.24) is 0 Å². The van der Waals surface area contributed by atoms with Crippen LogP contribution in [0.5, 0.6) is 0 Å². The summed E-state index contributed by atoms with van der Waals surface area (Å²) in [6.07, 6.45) is 17.8. The predicted octanol–water partition coefficient (Wildman–Crippen LogP) is 3.40. The van der Waals surface area contributed by atoms with Gasteiger partial charge in [-0.3, -0.25) is 0 Å². The van der Waals surface area contributed by atoms with Crippen LogP contribution in [-0.2, 0) is 0 Å². The van der Waals surface area contributed by atoms with Gasteiger partial charge in [0.25, 0.3) is 0 Å². The van der Waals surface area contributed by atoms with Gasteiger partial charge in [0.1, 0.15) is 0 Å². The molecule has 3 aliphatic rings. The number of hydrogen-bond acceptors (Lipinski definition) is 0. The lowest BCUT2D eigenvalue weighted by molar-refractivity contribution is 0.459. The van der Waals surface area contributed by atoms with E-state index in [-0.39, 0.29) is 0 Å². The standard InChI is InChI=1S/C13H14/c1-2-6-12-10(4-1)8-9-11-5-3-7-13(11)12/h1,3-5,8-10,12H,2,6-7H2. The second kappa shape index (κ2) is 2.73. The molecule has 2 atom stereocenters. The Hall–Kier alpha value is -1.04. The Bertz CT molecular complexity index is 339. The van der Waals surface area contributed by atoms with Crippen LogP contribution in [-0.4, -0.2) is 0 Å². The maximum absolute atomic E-state index is 2.38. The van der Waals surface area contributed by atoms with E-state index < -0.39 is 0 Å². The molecule has 3 aliphatic carbocycles. The first kappa shape index (κ1) is 7.37. The molecule has 0 saturated carbocycles. The monoisotopic (exact) mass is 170 g/mol. The summed E-state index contributed by atoms with van der Waals surface area (Å²) < 4.78 is 0. The molecule has 0 nitrogen and oxygen atoms in total. The fourth-order valence-electron chi connectivity index (χ4n) is 2.74. The van der Waals surface area contributed by atoms with E-state index >= 15 is 0 Å². The van der Waals surface area contributed by atoms with E-state index in [1.54, 1.807) is 5.57 Å². The molecule has 0 aromatic heterocycles. The maximum Gasteiger partial charge on any atom is 0.00159 e. The van der Waals surface area contributed by atoms with Gasteiger partial charge in [0.2, 0.25) is 0 Å². The van der Waals surface area contributed by atoms with Crippen LogP contribution in [0.1, 0.15) is 19.3 Å². The van der Waals surface area contributed by atoms with Gasteiger partial charge in [-0.15, -0.1) is 0 Å². The van der Waals surface area contributed by atoms with Crippen molar-refractivity contribution in [2.45, 2.75) is 19.3 Å². The van der Waals surface area contributed by atoms with Gasteiger partial charge in [-0.1, -0.05) is 42.0 Å². The molecule has 0 radical (unpaired) electrons. The molecule has 0 N–H and O–H groups in total. The molecule has 3 rings (SSSR count). The van der Waals surface area contributed by atoms with Gasteiger partial charge in [-0.2, -0.15) is 0 Å². The van der Waals surface area contributed by atoms with Crippen LogP contribution < -0.4 is 0 Å². The van der Waals surface area contributed by atoms with Gasteiger partial charge < -0.3 is 0 Å². The van der Waals surface area contributed by atoms with Crippen LogP contribution in [0.4, 0.5) is 0 Å². The molecule has 0 saturated heterocycles. The third kappa shape index (κ3) is 1.05. The van der Waals surface area contributed by atoms with E-state index in [1.807, 2.05) is 0 Å². The van der Waals surface area contributed by atoms with Crippen molar-refractivity contribution >= 4 is 0 Å². The van der Waals surface area contributed by atoms with Crippen LogP contribution in [0.3, 0.4) is 0 Å². The van der Waals surface area contributed by atoms with Crippen molar-refractivity contribution in [3.63, 3.8) is 0 Å². The second-order valence-corrected chi connectivity index (χ2v) is 4.14. The minimum atomic E-state index is 0.701. The minimum absolute atomic E-state index is 0.701. The Balaban J connectivity index is 2.00. The zero-order valence-electron chi connectivity index (χ0n) is 7.74. The molecule has 0 bridgehead atoms. The number of hydrogen-bond donors (Lipinski definition) is 0. The highest BCUT2D eigenvalue weighted by atomic mass is 14.3. The molecule has 13 heavy (non-hydrogen) atoms. The molecule has 0 fully saturated rings. The van der Waals surface area contributed by atoms with Gasteiger partial charge in [-0.05, 0) is 30.8 Å². The van der Waals surface area contributed by atoms with E-state index in [9.17, 15) is 0 Å². The largest absolute Gasteiger partial charge is 0.0879 e. The zero-order valence-corrected chi connectivity index (χ0v) is 7.74. The molecule has 0 heterocycles. The second-order valence-electron chi connectivity index (χ2n) is 4.14. The summed E-state index contributed by atoms with van der Waals surface area (Å²) in [7, 11) is 0. The van der Waals surface area contributed by atoms with Crippen LogP contribution in [0.25, 0.3) is 0 Å². The van der Waals surface area contributed by atoms with Gasteiger partial charge in [0.15, 0.2) is 0 Å². The Kier molecular flexibility index (Phi) is 1.55. The molecule has 0 spiro atoms. The van der Waals surface area contributed by atoms with Gasteiger partial charge in [0, 0.05) is 5.92 Å². The highest BCUT2D eigenvalue weighted by Gasteiger charge is 2.28. The molecule has 0 aromatic carbocycles. The van der Waals surface area contributed by atoms with Gasteiger partial charge in [-0.25, -0.2) is 0 Å². The first-order valence-corrected chi connectivity index (χ1v) is 5.19. The summed E-state index contributed by atoms with van der Waals surface area (Å²) in [6.45, 7) is 0. The van der Waals surface area contributed by atoms with Crippen molar-refractivity contribution in [3.8, 4) is 0 Å². The lowest BCUT2D eigenvalue weighted by Gasteiger charge is -2.30. The van der Waals surface area contributed by atoms with Gasteiger partial charge >= 0.3 is 0 Å². The molecule has 0 aromatic rings. The summed E-state index contributed by atoms with van der Waals surface area (Å²) in [5.74, 6) is 1.52. The zero-order chi connectivity index (χ0) is 8.67. The first-order chi connectivity index (χ1) is 6.45. The maximum atomic E-state index is 2.38. The Labute approximate surface area is 79.3 Å². The molecule has 66 valence electrons. The smallest absolute Gasteiger partial charge is 0.00159 e. The first-order valence-electron chi connectivity index (χ1n) is 5.19. The molecule has 0 heteroatoms. The highest BCUT2D eigenvalue weighted by Crippen LogP contribution is 2.41. The number of rotatable bonds is 0. The highest BCUT2D eigenvalue weighted by molar-refractivity contribution is 5.47. The van der Waals surface area contributed by atoms with E-state index in [4.69, 9.17) is 0 Å². The third-order valence-electron chi connectivity index (χ3n) is 3.42. The molecular formula is C13H14. The fourth-order valence-corrected chi connectivity index (χ4v) is 2.74. The lowest BCUT2D eigenvalue weighted by Crippen LogP contribution is -2.18. The summed E-state index contributed by atoms with van der Waals surface area (Å²) >= 11 is 0. The number of allylic oxidation sites excluding steroid dienone is 8. The van der Waals surface area contributed by atoms with Crippen LogP contribution in [0, 0.1) is 11.8 Å². The van der Waals surface area contributed by atoms with Crippen LogP contribution in [0.15, 0.2) is 47.6 Å². The normalized spacial score (nSPS) is 35.1. The van der Waals surface area contributed by atoms with Crippen molar-refractivity contribution < 1.29 is 0 Å². The molecule has 0 amide bonds. The average Bonchev–Trinajstić information content (AvgIpc) is 2.65. The van der Waals surface area contributed by atoms with E-state index in [2.05, 4.69) is 36.5 Å². The lowest BCUT2D eigenvalue weighted by atomic mass is 9.74. The minimum Gasteiger partial charge on any atom is -0.0879 e. The average molecular weight is 170 g/mol. The molecule has 0 aliphatic heterocycles. The summed E-state index contributed by atoms with van der Waals surface area (Å²) in [4.78, 5) is 0. The van der Waals surface area contributed by atoms with E-state index in [1.165, 1.54) is 24.8 Å². The SMILES string of the molecule is C1=CC2C=CC3=C(CC=C3)C2CC1. The summed E-state index contributed by atoms with van der Waals surface area (Å²) in [5.41, 5.74) is 3.19. The Morgan fingerprint density at radius 1 is 1.08 bits per heavy atom. The molecular weight excluding hydrogens is 156 g/mol. The Morgan fingerprint density at radius 2 is 2.08 bits per heavy atom. The predicted molar refractivity (Wildman–Crippen MR) is 55.3 cm³/mol. The Morgan fingerprint density at radius 3 is 3.08 bits per heavy atom. The van der Waals surface area contributed by atoms with Crippen LogP contribution >= 0.6 is 0 Å². The van der Waals surface area contributed by atoms with E-state index in [0.29, 0.717) is 5.92 Å². The van der Waals surface area contributed by atoms with Crippen molar-refractivity contribution in [2.75, 3.05) is 0 Å². The van der Waals surface area contributed by atoms with Crippen molar-refractivity contribution in [1.29, 1.82) is 0 Å². The topological polar surface area (TPSA) is 0 Å². The van der Waals surface area contributed by atoms with Crippen molar-refractivity contribution in [2.24, 2.45) is 11.8 Å². The summed E-state index contributed by atoms with van der Waals surface area (Å²) in [6, 6.07) is 0. The third-order valence-corrected chi connectivity index (χ3v) is 3.42. The van der Waals surface area contributed by atoms with Crippen LogP contribution in [0.2, 0.25) is 0 Å². The molecule has 2 unspecified atom stereocenters. The number of fused-ring (bicyclic) bond motifs is 2. The summed E-state index contributed by atoms with van der Waals surface area (Å²) in [5, 5.41) is 0. The van der Waals surface area contributed by atoms with Gasteiger partial charge in [0.05, 0.1) is 0 Å². The fraction of sp³-hybridized carbons (Fsp3) is 0.385.